The topological polar surface area (TPSA) is 126 Å². The van der Waals surface area contributed by atoms with Crippen molar-refractivity contribution in [3.8, 4) is 0 Å². The van der Waals surface area contributed by atoms with Gasteiger partial charge in [0, 0.05) is 6.04 Å². The number of nitrogens with one attached hydrogen (secondary N) is 1. The summed E-state index contributed by atoms with van der Waals surface area (Å²) >= 11 is 0. The molecule has 2 saturated carbocycles. The average molecular weight is 361 g/mol. The number of anilines is 1. The van der Waals surface area contributed by atoms with Crippen LogP contribution < -0.4 is 5.32 Å². The quantitative estimate of drug-likeness (QED) is 0.601. The Morgan fingerprint density at radius 1 is 1.15 bits per heavy atom. The van der Waals surface area contributed by atoms with Crippen LogP contribution in [0.5, 0.6) is 0 Å². The number of imidazole rings is 1. The van der Waals surface area contributed by atoms with Crippen molar-refractivity contribution in [1.82, 2.24) is 19.5 Å². The smallest absolute Gasteiger partial charge is 0.167 e. The van der Waals surface area contributed by atoms with Gasteiger partial charge in [0.25, 0.3) is 0 Å². The van der Waals surface area contributed by atoms with Crippen LogP contribution >= 0.6 is 0 Å². The molecule has 0 aromatic carbocycles. The Hall–Kier alpha value is -1.81. The molecule has 2 aliphatic carbocycles. The molecule has 3 aliphatic rings. The standard InChI is InChI=1S/C17H23N5O4/c23-5-11-13(24)14(25)17(26-11)22-7-20-12-15(18-6-19-16(12)22)21-10-4-8-1-2-9(10)3-8/h6-11,13-14,17,23-25H,1-5H2,(H,18,19,21)/t8?,9?,10?,11-,13-,14+,17?/m1/s1. The molecule has 0 amide bonds. The number of rotatable bonds is 4. The van der Waals surface area contributed by atoms with Crippen molar-refractivity contribution in [2.45, 2.75) is 56.3 Å². The van der Waals surface area contributed by atoms with E-state index in [1.54, 1.807) is 4.57 Å². The molecule has 9 nitrogen and oxygen atoms in total. The lowest BCUT2D eigenvalue weighted by Crippen LogP contribution is -2.33. The lowest BCUT2D eigenvalue weighted by molar-refractivity contribution is -0.0511. The van der Waals surface area contributed by atoms with Gasteiger partial charge in [0.15, 0.2) is 23.2 Å². The van der Waals surface area contributed by atoms with E-state index in [1.165, 1.54) is 38.3 Å². The van der Waals surface area contributed by atoms with E-state index in [9.17, 15) is 15.3 Å². The van der Waals surface area contributed by atoms with Gasteiger partial charge in [-0.2, -0.15) is 0 Å². The normalized spacial score (nSPS) is 39.1. The molecular weight excluding hydrogens is 338 g/mol. The van der Waals surface area contributed by atoms with Crippen LogP contribution in [0.1, 0.15) is 31.9 Å². The molecule has 1 aliphatic heterocycles. The molecule has 5 rings (SSSR count). The molecule has 2 aromatic rings. The molecule has 4 N–H and O–H groups in total. The number of aliphatic hydroxyl groups is 3. The van der Waals surface area contributed by atoms with Gasteiger partial charge >= 0.3 is 0 Å². The Kier molecular flexibility index (Phi) is 3.85. The largest absolute Gasteiger partial charge is 0.394 e. The van der Waals surface area contributed by atoms with E-state index < -0.39 is 24.5 Å². The van der Waals surface area contributed by atoms with E-state index in [0.717, 1.165) is 5.92 Å². The summed E-state index contributed by atoms with van der Waals surface area (Å²) in [6.07, 6.45) is 4.07. The molecule has 2 bridgehead atoms. The fraction of sp³-hybridized carbons (Fsp3) is 0.706. The number of ether oxygens (including phenoxy) is 1. The van der Waals surface area contributed by atoms with Crippen molar-refractivity contribution in [3.63, 3.8) is 0 Å². The first-order valence-electron chi connectivity index (χ1n) is 9.22. The number of fused-ring (bicyclic) bond motifs is 3. The Labute approximate surface area is 150 Å². The van der Waals surface area contributed by atoms with Crippen molar-refractivity contribution in [3.05, 3.63) is 12.7 Å². The van der Waals surface area contributed by atoms with Gasteiger partial charge in [0.2, 0.25) is 0 Å². The van der Waals surface area contributed by atoms with Crippen LogP contribution in [-0.2, 0) is 4.74 Å². The van der Waals surface area contributed by atoms with Crippen molar-refractivity contribution in [2.75, 3.05) is 11.9 Å². The number of hydrogen-bond acceptors (Lipinski definition) is 8. The fourth-order valence-electron chi connectivity index (χ4n) is 4.85. The first-order chi connectivity index (χ1) is 12.7. The maximum absolute atomic E-state index is 10.3. The van der Waals surface area contributed by atoms with Gasteiger partial charge in [-0.05, 0) is 31.1 Å². The van der Waals surface area contributed by atoms with Crippen LogP contribution in [0.3, 0.4) is 0 Å². The van der Waals surface area contributed by atoms with Crippen LogP contribution in [0.4, 0.5) is 5.82 Å². The van der Waals surface area contributed by atoms with Gasteiger partial charge < -0.3 is 25.4 Å². The van der Waals surface area contributed by atoms with Crippen molar-refractivity contribution in [2.24, 2.45) is 11.8 Å². The van der Waals surface area contributed by atoms with Crippen molar-refractivity contribution >= 4 is 17.0 Å². The minimum absolute atomic E-state index is 0.368. The maximum atomic E-state index is 10.3. The Morgan fingerprint density at radius 2 is 2.04 bits per heavy atom. The van der Waals surface area contributed by atoms with Crippen LogP contribution in [0.15, 0.2) is 12.7 Å². The summed E-state index contributed by atoms with van der Waals surface area (Å²) in [5.74, 6) is 2.22. The van der Waals surface area contributed by atoms with Gasteiger partial charge in [-0.15, -0.1) is 0 Å². The predicted molar refractivity (Wildman–Crippen MR) is 91.2 cm³/mol. The molecule has 3 fully saturated rings. The Balaban J connectivity index is 1.44. The highest BCUT2D eigenvalue weighted by Crippen LogP contribution is 2.45. The van der Waals surface area contributed by atoms with E-state index in [4.69, 9.17) is 4.74 Å². The lowest BCUT2D eigenvalue weighted by Gasteiger charge is -2.23. The molecule has 2 aromatic heterocycles. The van der Waals surface area contributed by atoms with Crippen LogP contribution in [0.2, 0.25) is 0 Å². The number of nitrogens with zero attached hydrogens (tertiary/aromatic N) is 4. The van der Waals surface area contributed by atoms with Crippen LogP contribution in [0, 0.1) is 11.8 Å². The highest BCUT2D eigenvalue weighted by Gasteiger charge is 2.44. The molecule has 0 radical (unpaired) electrons. The third kappa shape index (κ3) is 2.42. The zero-order valence-corrected chi connectivity index (χ0v) is 14.3. The molecule has 0 spiro atoms. The van der Waals surface area contributed by atoms with E-state index in [0.29, 0.717) is 28.9 Å². The van der Waals surface area contributed by atoms with Gasteiger partial charge in [-0.3, -0.25) is 4.57 Å². The molecule has 7 atom stereocenters. The molecule has 4 unspecified atom stereocenters. The number of aromatic nitrogens is 4. The van der Waals surface area contributed by atoms with Crippen molar-refractivity contribution < 1.29 is 20.1 Å². The van der Waals surface area contributed by atoms with Gasteiger partial charge in [0.1, 0.15) is 24.6 Å². The maximum Gasteiger partial charge on any atom is 0.167 e. The number of hydrogen-bond donors (Lipinski definition) is 4. The summed E-state index contributed by atoms with van der Waals surface area (Å²) in [6.45, 7) is -0.368. The van der Waals surface area contributed by atoms with Gasteiger partial charge in [0.05, 0.1) is 12.9 Å². The minimum atomic E-state index is -1.17. The van der Waals surface area contributed by atoms with E-state index in [2.05, 4.69) is 20.3 Å². The third-order valence-corrected chi connectivity index (χ3v) is 6.21. The summed E-state index contributed by atoms with van der Waals surface area (Å²) in [6, 6.07) is 0.422. The minimum Gasteiger partial charge on any atom is -0.394 e. The second kappa shape index (κ2) is 6.12. The van der Waals surface area contributed by atoms with Gasteiger partial charge in [-0.25, -0.2) is 15.0 Å². The highest BCUT2D eigenvalue weighted by molar-refractivity contribution is 5.82. The number of aliphatic hydroxyl groups excluding tert-OH is 3. The molecule has 9 heteroatoms. The second-order valence-electron chi connectivity index (χ2n) is 7.70. The molecular formula is C17H23N5O4. The zero-order valence-electron chi connectivity index (χ0n) is 14.3. The molecule has 140 valence electrons. The van der Waals surface area contributed by atoms with Crippen LogP contribution in [0.25, 0.3) is 11.2 Å². The average Bonchev–Trinajstić information content (AvgIpc) is 3.41. The molecule has 1 saturated heterocycles. The van der Waals surface area contributed by atoms with E-state index in [-0.39, 0.29) is 6.61 Å². The second-order valence-corrected chi connectivity index (χ2v) is 7.70. The van der Waals surface area contributed by atoms with Crippen LogP contribution in [-0.4, -0.2) is 65.8 Å². The summed E-state index contributed by atoms with van der Waals surface area (Å²) in [5.41, 5.74) is 1.15. The summed E-state index contributed by atoms with van der Waals surface area (Å²) < 4.78 is 7.18. The van der Waals surface area contributed by atoms with Crippen molar-refractivity contribution in [1.29, 1.82) is 0 Å². The molecule has 26 heavy (non-hydrogen) atoms. The van der Waals surface area contributed by atoms with Gasteiger partial charge in [-0.1, -0.05) is 6.42 Å². The SMILES string of the molecule is OC[C@H]1OC(n2cnc3c(NC4CC5CCC4C5)ncnc32)[C@@H](O)[C@@H]1O. The fourth-order valence-corrected chi connectivity index (χ4v) is 4.85. The zero-order chi connectivity index (χ0) is 17.8. The summed E-state index contributed by atoms with van der Waals surface area (Å²) in [4.78, 5) is 13.1. The Bertz CT molecular complexity index is 814. The van der Waals surface area contributed by atoms with E-state index >= 15 is 0 Å². The third-order valence-electron chi connectivity index (χ3n) is 6.21. The first-order valence-corrected chi connectivity index (χ1v) is 9.22. The van der Waals surface area contributed by atoms with E-state index in [1.807, 2.05) is 0 Å². The first kappa shape index (κ1) is 16.4. The predicted octanol–water partition coefficient (Wildman–Crippen LogP) is 0.0383. The molecule has 3 heterocycles. The lowest BCUT2D eigenvalue weighted by atomic mass is 9.95. The summed E-state index contributed by atoms with van der Waals surface area (Å²) in [5, 5.41) is 33.1. The summed E-state index contributed by atoms with van der Waals surface area (Å²) in [7, 11) is 0. The Morgan fingerprint density at radius 3 is 2.73 bits per heavy atom. The monoisotopic (exact) mass is 361 g/mol. The highest BCUT2D eigenvalue weighted by atomic mass is 16.6.